The van der Waals surface area contributed by atoms with Gasteiger partial charge in [0.25, 0.3) is 0 Å². The maximum atomic E-state index is 11.8. The molecule has 0 atom stereocenters. The van der Waals surface area contributed by atoms with E-state index in [4.69, 9.17) is 14.6 Å². The number of ether oxygens (including phenoxy) is 2. The second-order valence-electron chi connectivity index (χ2n) is 6.24. The summed E-state index contributed by atoms with van der Waals surface area (Å²) in [5.74, 6) is 0.748. The van der Waals surface area contributed by atoms with E-state index in [1.54, 1.807) is 6.07 Å². The molecule has 0 unspecified atom stereocenters. The zero-order chi connectivity index (χ0) is 16.6. The molecule has 0 aliphatic heterocycles. The summed E-state index contributed by atoms with van der Waals surface area (Å²) in [5, 5.41) is 11.4. The van der Waals surface area contributed by atoms with E-state index in [1.807, 2.05) is 39.8 Å². The van der Waals surface area contributed by atoms with Gasteiger partial charge in [0.15, 0.2) is 0 Å². The van der Waals surface area contributed by atoms with E-state index in [1.165, 1.54) is 0 Å². The van der Waals surface area contributed by atoms with Gasteiger partial charge < -0.3 is 14.6 Å². The van der Waals surface area contributed by atoms with Crippen molar-refractivity contribution in [1.82, 2.24) is 0 Å². The van der Waals surface area contributed by atoms with Crippen LogP contribution in [0.2, 0.25) is 0 Å². The maximum Gasteiger partial charge on any atom is 0.412 e. The molecule has 1 rings (SSSR count). The van der Waals surface area contributed by atoms with Crippen LogP contribution >= 0.6 is 0 Å². The summed E-state index contributed by atoms with van der Waals surface area (Å²) < 4.78 is 11.0. The van der Waals surface area contributed by atoms with Crippen LogP contribution in [0.4, 0.5) is 10.5 Å². The monoisotopic (exact) mass is 309 g/mol. The Morgan fingerprint density at radius 3 is 2.59 bits per heavy atom. The fourth-order valence-electron chi connectivity index (χ4n) is 1.83. The molecule has 0 heterocycles. The van der Waals surface area contributed by atoms with Crippen LogP contribution in [-0.2, 0) is 4.74 Å². The van der Waals surface area contributed by atoms with Gasteiger partial charge in [0.1, 0.15) is 11.4 Å². The van der Waals surface area contributed by atoms with E-state index in [0.29, 0.717) is 12.3 Å². The lowest BCUT2D eigenvalue weighted by molar-refractivity contribution is 0.0636. The average Bonchev–Trinajstić information content (AvgIpc) is 2.39. The van der Waals surface area contributed by atoms with E-state index in [9.17, 15) is 4.79 Å². The average molecular weight is 309 g/mol. The van der Waals surface area contributed by atoms with Gasteiger partial charge >= 0.3 is 6.09 Å². The van der Waals surface area contributed by atoms with Crippen molar-refractivity contribution < 1.29 is 19.4 Å². The Hall–Kier alpha value is -1.75. The van der Waals surface area contributed by atoms with Gasteiger partial charge in [0.05, 0.1) is 6.61 Å². The Morgan fingerprint density at radius 2 is 1.95 bits per heavy atom. The lowest BCUT2D eigenvalue weighted by atomic mass is 10.2. The molecule has 0 aliphatic carbocycles. The first-order valence-corrected chi connectivity index (χ1v) is 7.66. The summed E-state index contributed by atoms with van der Waals surface area (Å²) >= 11 is 0. The van der Waals surface area contributed by atoms with Gasteiger partial charge in [-0.3, -0.25) is 5.32 Å². The molecule has 5 nitrogen and oxygen atoms in total. The van der Waals surface area contributed by atoms with Gasteiger partial charge in [-0.1, -0.05) is 6.07 Å². The van der Waals surface area contributed by atoms with Crippen molar-refractivity contribution in [3.63, 3.8) is 0 Å². The number of amides is 1. The number of hydrogen-bond donors (Lipinski definition) is 2. The van der Waals surface area contributed by atoms with Crippen molar-refractivity contribution in [2.24, 2.45) is 0 Å². The second kappa shape index (κ2) is 8.63. The largest absolute Gasteiger partial charge is 0.493 e. The third kappa shape index (κ3) is 7.31. The van der Waals surface area contributed by atoms with E-state index in [-0.39, 0.29) is 6.61 Å². The van der Waals surface area contributed by atoms with Gasteiger partial charge in [-0.2, -0.15) is 0 Å². The first-order chi connectivity index (χ1) is 10.3. The zero-order valence-corrected chi connectivity index (χ0v) is 13.9. The molecule has 0 bridgehead atoms. The molecule has 1 aromatic rings. The third-order valence-electron chi connectivity index (χ3n) is 2.89. The molecule has 0 radical (unpaired) electrons. The van der Waals surface area contributed by atoms with Crippen molar-refractivity contribution in [2.75, 3.05) is 18.5 Å². The Kier molecular flexibility index (Phi) is 7.18. The highest BCUT2D eigenvalue weighted by Crippen LogP contribution is 2.23. The number of benzene rings is 1. The van der Waals surface area contributed by atoms with E-state index < -0.39 is 11.7 Å². The molecule has 0 spiro atoms. The Balaban J connectivity index is 2.56. The van der Waals surface area contributed by atoms with Crippen LogP contribution in [0.15, 0.2) is 18.2 Å². The van der Waals surface area contributed by atoms with Crippen LogP contribution in [-0.4, -0.2) is 30.0 Å². The van der Waals surface area contributed by atoms with Gasteiger partial charge in [0, 0.05) is 18.4 Å². The fraction of sp³-hybridized carbons (Fsp3) is 0.588. The van der Waals surface area contributed by atoms with Crippen molar-refractivity contribution >= 4 is 11.8 Å². The predicted octanol–water partition coefficient (Wildman–Crippen LogP) is 3.88. The summed E-state index contributed by atoms with van der Waals surface area (Å²) in [7, 11) is 0. The van der Waals surface area contributed by atoms with E-state index in [2.05, 4.69) is 5.32 Å². The third-order valence-corrected chi connectivity index (χ3v) is 2.89. The number of unbranched alkanes of at least 4 members (excludes halogenated alkanes) is 2. The van der Waals surface area contributed by atoms with Crippen molar-refractivity contribution in [1.29, 1.82) is 0 Å². The molecule has 1 aromatic carbocycles. The minimum absolute atomic E-state index is 0.217. The number of nitrogens with one attached hydrogen (secondary N) is 1. The second-order valence-corrected chi connectivity index (χ2v) is 6.24. The molecule has 22 heavy (non-hydrogen) atoms. The Morgan fingerprint density at radius 1 is 1.23 bits per heavy atom. The van der Waals surface area contributed by atoms with E-state index in [0.717, 1.165) is 30.6 Å². The van der Waals surface area contributed by atoms with Crippen LogP contribution in [0.3, 0.4) is 0 Å². The number of aryl methyl sites for hydroxylation is 1. The van der Waals surface area contributed by atoms with Crippen molar-refractivity contribution in [3.8, 4) is 5.75 Å². The molecule has 0 aromatic heterocycles. The van der Waals surface area contributed by atoms with Gasteiger partial charge in [0.2, 0.25) is 0 Å². The summed E-state index contributed by atoms with van der Waals surface area (Å²) in [6.45, 7) is 8.24. The first-order valence-electron chi connectivity index (χ1n) is 7.66. The lowest BCUT2D eigenvalue weighted by Gasteiger charge is -2.20. The predicted molar refractivity (Wildman–Crippen MR) is 87.5 cm³/mol. The highest BCUT2D eigenvalue weighted by atomic mass is 16.6. The number of carbonyl (C=O) groups excluding carboxylic acids is 1. The topological polar surface area (TPSA) is 67.8 Å². The van der Waals surface area contributed by atoms with Crippen LogP contribution in [0.5, 0.6) is 5.75 Å². The van der Waals surface area contributed by atoms with Crippen LogP contribution in [0.1, 0.15) is 45.6 Å². The van der Waals surface area contributed by atoms with Crippen LogP contribution < -0.4 is 10.1 Å². The summed E-state index contributed by atoms with van der Waals surface area (Å²) in [4.78, 5) is 11.8. The van der Waals surface area contributed by atoms with Gasteiger partial charge in [-0.05, 0) is 58.6 Å². The number of aliphatic hydroxyl groups is 1. The van der Waals surface area contributed by atoms with Crippen LogP contribution in [0.25, 0.3) is 0 Å². The minimum atomic E-state index is -0.527. The molecule has 124 valence electrons. The number of rotatable bonds is 7. The molecular formula is C17H27NO4. The number of carbonyl (C=O) groups is 1. The molecule has 0 saturated heterocycles. The summed E-state index contributed by atoms with van der Waals surface area (Å²) in [6, 6.07) is 5.51. The summed E-state index contributed by atoms with van der Waals surface area (Å²) in [6.07, 6.45) is 2.14. The Labute approximate surface area is 132 Å². The highest BCUT2D eigenvalue weighted by Gasteiger charge is 2.16. The molecule has 2 N–H and O–H groups in total. The van der Waals surface area contributed by atoms with Gasteiger partial charge in [-0.15, -0.1) is 0 Å². The highest BCUT2D eigenvalue weighted by molar-refractivity contribution is 5.85. The zero-order valence-electron chi connectivity index (χ0n) is 13.9. The number of anilines is 1. The quantitative estimate of drug-likeness (QED) is 0.750. The van der Waals surface area contributed by atoms with Crippen molar-refractivity contribution in [2.45, 2.75) is 52.6 Å². The molecular weight excluding hydrogens is 282 g/mol. The molecule has 5 heteroatoms. The van der Waals surface area contributed by atoms with Gasteiger partial charge in [-0.25, -0.2) is 4.79 Å². The molecule has 0 aliphatic rings. The molecule has 0 saturated carbocycles. The van der Waals surface area contributed by atoms with Crippen LogP contribution in [0, 0.1) is 6.92 Å². The maximum absolute atomic E-state index is 11.8. The SMILES string of the molecule is Cc1ccc(NC(=O)OC(C)(C)C)cc1OCCCCCO. The standard InChI is InChI=1S/C17H27NO4/c1-13-8-9-14(18-16(20)22-17(2,3)4)12-15(13)21-11-7-5-6-10-19/h8-9,12,19H,5-7,10-11H2,1-4H3,(H,18,20). The Bertz CT molecular complexity index is 480. The van der Waals surface area contributed by atoms with Crippen molar-refractivity contribution in [3.05, 3.63) is 23.8 Å². The minimum Gasteiger partial charge on any atom is -0.493 e. The molecule has 0 fully saturated rings. The van der Waals surface area contributed by atoms with E-state index >= 15 is 0 Å². The summed E-state index contributed by atoms with van der Waals surface area (Å²) in [5.41, 5.74) is 1.13. The lowest BCUT2D eigenvalue weighted by Crippen LogP contribution is -2.27. The smallest absolute Gasteiger partial charge is 0.412 e. The first kappa shape index (κ1) is 18.3. The number of hydrogen-bond acceptors (Lipinski definition) is 4. The normalized spacial score (nSPS) is 11.1. The number of aliphatic hydroxyl groups excluding tert-OH is 1. The molecule has 1 amide bonds. The fourth-order valence-corrected chi connectivity index (χ4v) is 1.83.